The number of aryl methyl sites for hydroxylation is 1. The minimum absolute atomic E-state index is 0.0278. The molecule has 6 nitrogen and oxygen atoms in total. The summed E-state index contributed by atoms with van der Waals surface area (Å²) in [6.45, 7) is 3.34. The number of amides is 2. The zero-order chi connectivity index (χ0) is 13.4. The maximum absolute atomic E-state index is 12.1. The molecule has 0 bridgehead atoms. The number of nitrogens with zero attached hydrogens (tertiary/aromatic N) is 3. The number of carbonyl (C=O) groups is 2. The first-order valence-electron chi connectivity index (χ1n) is 6.73. The summed E-state index contributed by atoms with van der Waals surface area (Å²) in [5.74, 6) is -0.0796. The van der Waals surface area contributed by atoms with Gasteiger partial charge >= 0.3 is 0 Å². The van der Waals surface area contributed by atoms with Crippen LogP contribution in [0.25, 0.3) is 0 Å². The van der Waals surface area contributed by atoms with Crippen LogP contribution in [0, 0.1) is 6.92 Å². The molecule has 1 atom stereocenters. The van der Waals surface area contributed by atoms with E-state index >= 15 is 0 Å². The molecule has 3 rings (SSSR count). The first kappa shape index (κ1) is 12.3. The molecular formula is C13H18N4O2. The normalized spacial score (nSPS) is 23.4. The average molecular weight is 262 g/mol. The third kappa shape index (κ3) is 2.53. The van der Waals surface area contributed by atoms with Crippen LogP contribution < -0.4 is 5.32 Å². The minimum atomic E-state index is -0.343. The van der Waals surface area contributed by atoms with Crippen LogP contribution in [0.1, 0.15) is 24.8 Å². The highest BCUT2D eigenvalue weighted by atomic mass is 16.2. The molecule has 2 amide bonds. The molecule has 6 heteroatoms. The minimum Gasteiger partial charge on any atom is -0.304 e. The Kier molecular flexibility index (Phi) is 3.10. The largest absolute Gasteiger partial charge is 0.304 e. The number of likely N-dealkylation sites (tertiary alicyclic amines) is 1. The van der Waals surface area contributed by atoms with Crippen molar-refractivity contribution < 1.29 is 9.59 Å². The molecule has 1 saturated heterocycles. The third-order valence-electron chi connectivity index (χ3n) is 3.59. The maximum Gasteiger partial charge on any atom is 0.247 e. The van der Waals surface area contributed by atoms with Gasteiger partial charge in [-0.05, 0) is 25.3 Å². The summed E-state index contributed by atoms with van der Waals surface area (Å²) in [5, 5.41) is 7.34. The van der Waals surface area contributed by atoms with Crippen molar-refractivity contribution >= 4 is 11.8 Å². The smallest absolute Gasteiger partial charge is 0.247 e. The monoisotopic (exact) mass is 262 g/mol. The van der Waals surface area contributed by atoms with Gasteiger partial charge in [0.15, 0.2) is 0 Å². The summed E-state index contributed by atoms with van der Waals surface area (Å²) in [6, 6.07) is -0.162. The molecule has 0 spiro atoms. The lowest BCUT2D eigenvalue weighted by Gasteiger charge is -2.14. The van der Waals surface area contributed by atoms with Crippen LogP contribution in [0.15, 0.2) is 12.4 Å². The van der Waals surface area contributed by atoms with Gasteiger partial charge < -0.3 is 5.32 Å². The Morgan fingerprint density at radius 1 is 1.42 bits per heavy atom. The maximum atomic E-state index is 12.1. The molecule has 2 fully saturated rings. The fourth-order valence-electron chi connectivity index (χ4n) is 2.47. The van der Waals surface area contributed by atoms with E-state index in [0.717, 1.165) is 18.4 Å². The van der Waals surface area contributed by atoms with E-state index in [1.165, 1.54) is 4.90 Å². The lowest BCUT2D eigenvalue weighted by atomic mass is 10.2. The molecule has 2 heterocycles. The number of aromatic nitrogens is 2. The van der Waals surface area contributed by atoms with E-state index in [0.29, 0.717) is 19.5 Å². The van der Waals surface area contributed by atoms with E-state index in [4.69, 9.17) is 0 Å². The van der Waals surface area contributed by atoms with Gasteiger partial charge in [0.1, 0.15) is 0 Å². The van der Waals surface area contributed by atoms with Crippen LogP contribution in [0.5, 0.6) is 0 Å². The molecule has 0 aromatic carbocycles. The Morgan fingerprint density at radius 3 is 2.84 bits per heavy atom. The van der Waals surface area contributed by atoms with E-state index in [1.54, 1.807) is 6.20 Å². The highest BCUT2D eigenvalue weighted by Gasteiger charge is 2.45. The summed E-state index contributed by atoms with van der Waals surface area (Å²) in [6.07, 6.45) is 6.00. The van der Waals surface area contributed by atoms with Crippen molar-refractivity contribution in [1.29, 1.82) is 0 Å². The van der Waals surface area contributed by atoms with Gasteiger partial charge in [0.2, 0.25) is 11.8 Å². The number of hydrogen-bond donors (Lipinski definition) is 1. The molecule has 19 heavy (non-hydrogen) atoms. The molecule has 1 aromatic heterocycles. The van der Waals surface area contributed by atoms with Crippen molar-refractivity contribution in [3.8, 4) is 0 Å². The van der Waals surface area contributed by atoms with Gasteiger partial charge in [-0.3, -0.25) is 19.2 Å². The van der Waals surface area contributed by atoms with Gasteiger partial charge in [0.25, 0.3) is 0 Å². The lowest BCUT2D eigenvalue weighted by molar-refractivity contribution is -0.139. The van der Waals surface area contributed by atoms with Crippen molar-refractivity contribution in [2.24, 2.45) is 0 Å². The summed E-state index contributed by atoms with van der Waals surface area (Å²) in [4.78, 5) is 25.3. The number of nitrogens with one attached hydrogen (secondary N) is 1. The van der Waals surface area contributed by atoms with E-state index in [9.17, 15) is 9.59 Å². The van der Waals surface area contributed by atoms with Crippen molar-refractivity contribution in [3.63, 3.8) is 0 Å². The predicted molar refractivity (Wildman–Crippen MR) is 68.2 cm³/mol. The van der Waals surface area contributed by atoms with Gasteiger partial charge in [0, 0.05) is 18.8 Å². The van der Waals surface area contributed by atoms with Crippen molar-refractivity contribution in [3.05, 3.63) is 18.0 Å². The van der Waals surface area contributed by atoms with E-state index in [-0.39, 0.29) is 23.9 Å². The molecule has 1 aliphatic heterocycles. The standard InChI is InChI=1S/C13H18N4O2/c1-9-7-15-16(8-9)5-4-14-11-6-12(18)17(13(11)19)10-2-3-10/h7-8,10-11,14H,2-6H2,1H3. The Morgan fingerprint density at radius 2 is 2.21 bits per heavy atom. The highest BCUT2D eigenvalue weighted by Crippen LogP contribution is 2.31. The van der Waals surface area contributed by atoms with Crippen LogP contribution in [-0.2, 0) is 16.1 Å². The van der Waals surface area contributed by atoms with Gasteiger partial charge in [-0.15, -0.1) is 0 Å². The highest BCUT2D eigenvalue weighted by molar-refractivity contribution is 6.06. The quantitative estimate of drug-likeness (QED) is 0.763. The second-order valence-electron chi connectivity index (χ2n) is 5.32. The first-order chi connectivity index (χ1) is 9.15. The second-order valence-corrected chi connectivity index (χ2v) is 5.32. The fourth-order valence-corrected chi connectivity index (χ4v) is 2.47. The van der Waals surface area contributed by atoms with Crippen LogP contribution in [0.3, 0.4) is 0 Å². The Hall–Kier alpha value is -1.69. The third-order valence-corrected chi connectivity index (χ3v) is 3.59. The summed E-state index contributed by atoms with van der Waals surface area (Å²) in [5.41, 5.74) is 1.12. The van der Waals surface area contributed by atoms with Crippen LogP contribution >= 0.6 is 0 Å². The molecule has 2 aliphatic rings. The Labute approximate surface area is 111 Å². The molecule has 1 saturated carbocycles. The number of imide groups is 1. The van der Waals surface area contributed by atoms with Crippen LogP contribution in [0.4, 0.5) is 0 Å². The van der Waals surface area contributed by atoms with Gasteiger partial charge in [-0.2, -0.15) is 5.10 Å². The van der Waals surface area contributed by atoms with Gasteiger partial charge in [-0.25, -0.2) is 0 Å². The summed E-state index contributed by atoms with van der Waals surface area (Å²) in [7, 11) is 0. The molecule has 0 radical (unpaired) electrons. The average Bonchev–Trinajstić information content (AvgIpc) is 3.04. The Bertz CT molecular complexity index is 506. The first-order valence-corrected chi connectivity index (χ1v) is 6.73. The van der Waals surface area contributed by atoms with Crippen molar-refractivity contribution in [2.75, 3.05) is 6.54 Å². The zero-order valence-electron chi connectivity index (χ0n) is 11.0. The molecule has 1 aromatic rings. The van der Waals surface area contributed by atoms with E-state index in [2.05, 4.69) is 10.4 Å². The van der Waals surface area contributed by atoms with Gasteiger partial charge in [-0.1, -0.05) is 0 Å². The van der Waals surface area contributed by atoms with Crippen LogP contribution in [0.2, 0.25) is 0 Å². The van der Waals surface area contributed by atoms with E-state index < -0.39 is 0 Å². The number of carbonyl (C=O) groups excluding carboxylic acids is 2. The second kappa shape index (κ2) is 4.77. The van der Waals surface area contributed by atoms with E-state index in [1.807, 2.05) is 17.8 Å². The van der Waals surface area contributed by atoms with Crippen molar-refractivity contribution in [1.82, 2.24) is 20.0 Å². The van der Waals surface area contributed by atoms with Crippen molar-refractivity contribution in [2.45, 2.75) is 44.8 Å². The van der Waals surface area contributed by atoms with Gasteiger partial charge in [0.05, 0.1) is 25.2 Å². The zero-order valence-corrected chi connectivity index (χ0v) is 11.0. The molecule has 102 valence electrons. The summed E-state index contributed by atoms with van der Waals surface area (Å²) >= 11 is 0. The number of hydrogen-bond acceptors (Lipinski definition) is 4. The summed E-state index contributed by atoms with van der Waals surface area (Å²) < 4.78 is 1.84. The Balaban J connectivity index is 1.50. The number of rotatable bonds is 5. The predicted octanol–water partition coefficient (Wildman–Crippen LogP) is 0.0710. The molecule has 1 aliphatic carbocycles. The molecule has 1 N–H and O–H groups in total. The topological polar surface area (TPSA) is 67.2 Å². The SMILES string of the molecule is Cc1cnn(CCNC2CC(=O)N(C3CC3)C2=O)c1. The molecular weight excluding hydrogens is 244 g/mol. The van der Waals surface area contributed by atoms with Crippen LogP contribution in [-0.4, -0.2) is 45.1 Å². The fraction of sp³-hybridized carbons (Fsp3) is 0.615. The molecule has 1 unspecified atom stereocenters. The lowest BCUT2D eigenvalue weighted by Crippen LogP contribution is -2.40.